The number of carboxylic acids is 1. The molecule has 0 N–H and O–H groups in total. The number of aromatic nitrogens is 4. The zero-order valence-corrected chi connectivity index (χ0v) is 17.3. The summed E-state index contributed by atoms with van der Waals surface area (Å²) < 4.78 is 5.83. The molecule has 4 rings (SSSR count). The normalized spacial score (nSPS) is 12.0. The van der Waals surface area contributed by atoms with Crippen LogP contribution in [0.15, 0.2) is 71.4 Å². The van der Waals surface area contributed by atoms with Gasteiger partial charge in [-0.2, -0.15) is 15.0 Å². The van der Waals surface area contributed by atoms with E-state index < -0.39 is 12.0 Å². The highest BCUT2D eigenvalue weighted by atomic mass is 16.4. The molecule has 7 nitrogen and oxygen atoms in total. The Morgan fingerprint density at radius 1 is 1.00 bits per heavy atom. The van der Waals surface area contributed by atoms with Gasteiger partial charge in [0, 0.05) is 12.0 Å². The SMILES string of the molecule is Cc1oc(-c2ccccc2)nc1CCCc1ccc(C[C@@H](C(=O)[O-])n2nccn2)cc1. The van der Waals surface area contributed by atoms with Gasteiger partial charge in [0.15, 0.2) is 0 Å². The van der Waals surface area contributed by atoms with Crippen molar-refractivity contribution in [3.05, 3.63) is 89.6 Å². The number of benzene rings is 2. The number of carbonyl (C=O) groups is 1. The van der Waals surface area contributed by atoms with E-state index in [0.29, 0.717) is 5.89 Å². The van der Waals surface area contributed by atoms with Gasteiger partial charge in [0.2, 0.25) is 5.89 Å². The van der Waals surface area contributed by atoms with Crippen LogP contribution in [0, 0.1) is 6.92 Å². The summed E-state index contributed by atoms with van der Waals surface area (Å²) in [6.45, 7) is 1.95. The van der Waals surface area contributed by atoms with E-state index in [4.69, 9.17) is 4.42 Å². The number of oxazole rings is 1. The smallest absolute Gasteiger partial charge is 0.226 e. The molecule has 0 aliphatic heterocycles. The highest BCUT2D eigenvalue weighted by Crippen LogP contribution is 2.22. The minimum Gasteiger partial charge on any atom is -0.548 e. The highest BCUT2D eigenvalue weighted by Gasteiger charge is 2.15. The van der Waals surface area contributed by atoms with Crippen molar-refractivity contribution >= 4 is 5.97 Å². The Labute approximate surface area is 180 Å². The lowest BCUT2D eigenvalue weighted by Crippen LogP contribution is -2.35. The van der Waals surface area contributed by atoms with Crippen molar-refractivity contribution in [1.29, 1.82) is 0 Å². The molecule has 31 heavy (non-hydrogen) atoms. The van der Waals surface area contributed by atoms with E-state index in [0.717, 1.165) is 41.8 Å². The van der Waals surface area contributed by atoms with Gasteiger partial charge in [-0.25, -0.2) is 4.98 Å². The predicted molar refractivity (Wildman–Crippen MR) is 113 cm³/mol. The lowest BCUT2D eigenvalue weighted by molar-refractivity contribution is -0.311. The lowest BCUT2D eigenvalue weighted by Gasteiger charge is -2.17. The predicted octanol–water partition coefficient (Wildman–Crippen LogP) is 2.95. The number of aryl methyl sites for hydroxylation is 3. The van der Waals surface area contributed by atoms with Crippen LogP contribution < -0.4 is 5.11 Å². The molecular weight excluding hydrogens is 392 g/mol. The summed E-state index contributed by atoms with van der Waals surface area (Å²) in [5, 5.41) is 19.3. The number of hydrogen-bond donors (Lipinski definition) is 0. The van der Waals surface area contributed by atoms with Gasteiger partial charge >= 0.3 is 0 Å². The van der Waals surface area contributed by atoms with Crippen molar-refractivity contribution in [3.8, 4) is 11.5 Å². The molecule has 4 aromatic rings. The number of rotatable bonds is 9. The van der Waals surface area contributed by atoms with E-state index in [-0.39, 0.29) is 6.42 Å². The van der Waals surface area contributed by atoms with Crippen LogP contribution in [-0.4, -0.2) is 25.9 Å². The summed E-state index contributed by atoms with van der Waals surface area (Å²) in [4.78, 5) is 17.3. The van der Waals surface area contributed by atoms with Crippen molar-refractivity contribution in [2.24, 2.45) is 0 Å². The van der Waals surface area contributed by atoms with Crippen LogP contribution in [0.5, 0.6) is 0 Å². The molecule has 0 fully saturated rings. The van der Waals surface area contributed by atoms with Crippen LogP contribution >= 0.6 is 0 Å². The van der Waals surface area contributed by atoms with E-state index in [1.807, 2.05) is 61.5 Å². The van der Waals surface area contributed by atoms with Gasteiger partial charge in [-0.1, -0.05) is 42.5 Å². The van der Waals surface area contributed by atoms with Crippen LogP contribution in [0.3, 0.4) is 0 Å². The number of carboxylic acid groups (broad SMARTS) is 1. The second-order valence-electron chi connectivity index (χ2n) is 7.45. The van der Waals surface area contributed by atoms with Crippen LogP contribution in [0.1, 0.15) is 35.0 Å². The maximum absolute atomic E-state index is 11.4. The highest BCUT2D eigenvalue weighted by molar-refractivity contribution is 5.69. The largest absolute Gasteiger partial charge is 0.548 e. The topological polar surface area (TPSA) is 96.9 Å². The number of nitrogens with zero attached hydrogens (tertiary/aromatic N) is 4. The Hall–Kier alpha value is -3.74. The van der Waals surface area contributed by atoms with Crippen molar-refractivity contribution in [2.45, 2.75) is 38.6 Å². The maximum Gasteiger partial charge on any atom is 0.226 e. The minimum atomic E-state index is -1.20. The lowest BCUT2D eigenvalue weighted by atomic mass is 10.0. The first-order chi connectivity index (χ1) is 15.1. The monoisotopic (exact) mass is 415 g/mol. The van der Waals surface area contributed by atoms with E-state index >= 15 is 0 Å². The maximum atomic E-state index is 11.4. The zero-order chi connectivity index (χ0) is 21.6. The molecule has 0 aliphatic rings. The van der Waals surface area contributed by atoms with Crippen LogP contribution in [-0.2, 0) is 24.1 Å². The molecule has 0 amide bonds. The number of aliphatic carboxylic acids is 1. The van der Waals surface area contributed by atoms with Crippen molar-refractivity contribution < 1.29 is 14.3 Å². The fourth-order valence-corrected chi connectivity index (χ4v) is 3.54. The van der Waals surface area contributed by atoms with E-state index in [2.05, 4.69) is 15.2 Å². The summed E-state index contributed by atoms with van der Waals surface area (Å²) >= 11 is 0. The molecular formula is C24H23N4O3-. The summed E-state index contributed by atoms with van der Waals surface area (Å²) in [7, 11) is 0. The second-order valence-corrected chi connectivity index (χ2v) is 7.45. The Bertz CT molecular complexity index is 1120. The third kappa shape index (κ3) is 5.06. The molecule has 0 saturated carbocycles. The molecule has 2 heterocycles. The summed E-state index contributed by atoms with van der Waals surface area (Å²) in [5.41, 5.74) is 4.05. The van der Waals surface area contributed by atoms with Crippen LogP contribution in [0.4, 0.5) is 0 Å². The summed E-state index contributed by atoms with van der Waals surface area (Å²) in [6, 6.07) is 16.9. The molecule has 2 aromatic carbocycles. The standard InChI is InChI=1S/C24H24N4O3/c1-17-21(27-23(31-17)20-7-3-2-4-8-20)9-5-6-18-10-12-19(13-11-18)16-22(24(29)30)28-25-14-15-26-28/h2-4,7-8,10-15,22H,5-6,9,16H2,1H3,(H,29,30)/p-1/t22-/m0/s1. The number of hydrogen-bond acceptors (Lipinski definition) is 6. The quantitative estimate of drug-likeness (QED) is 0.417. The van der Waals surface area contributed by atoms with Gasteiger partial charge in [0.05, 0.1) is 24.1 Å². The third-order valence-corrected chi connectivity index (χ3v) is 5.23. The van der Waals surface area contributed by atoms with E-state index in [9.17, 15) is 9.90 Å². The zero-order valence-electron chi connectivity index (χ0n) is 17.3. The second kappa shape index (κ2) is 9.38. The molecule has 2 aromatic heterocycles. The average Bonchev–Trinajstić information content (AvgIpc) is 3.44. The average molecular weight is 415 g/mol. The molecule has 0 aliphatic carbocycles. The van der Waals surface area contributed by atoms with Gasteiger partial charge < -0.3 is 14.3 Å². The fourth-order valence-electron chi connectivity index (χ4n) is 3.54. The molecule has 0 radical (unpaired) electrons. The molecule has 0 unspecified atom stereocenters. The summed E-state index contributed by atoms with van der Waals surface area (Å²) in [6.07, 6.45) is 5.87. The minimum absolute atomic E-state index is 0.275. The van der Waals surface area contributed by atoms with Gasteiger partial charge in [-0.05, 0) is 49.4 Å². The number of carbonyl (C=O) groups excluding carboxylic acids is 1. The van der Waals surface area contributed by atoms with E-state index in [1.165, 1.54) is 22.8 Å². The molecule has 7 heteroatoms. The molecule has 158 valence electrons. The van der Waals surface area contributed by atoms with Crippen molar-refractivity contribution in [1.82, 2.24) is 20.0 Å². The Morgan fingerprint density at radius 3 is 2.35 bits per heavy atom. The van der Waals surface area contributed by atoms with Crippen LogP contribution in [0.2, 0.25) is 0 Å². The first-order valence-corrected chi connectivity index (χ1v) is 10.3. The van der Waals surface area contributed by atoms with Crippen LogP contribution in [0.25, 0.3) is 11.5 Å². The molecule has 1 atom stereocenters. The van der Waals surface area contributed by atoms with Gasteiger partial charge in [0.25, 0.3) is 0 Å². The first-order valence-electron chi connectivity index (χ1n) is 10.3. The first kappa shape index (κ1) is 20.5. The summed E-state index contributed by atoms with van der Waals surface area (Å²) in [5.74, 6) is 0.319. The Kier molecular flexibility index (Phi) is 6.21. The van der Waals surface area contributed by atoms with Crippen molar-refractivity contribution in [2.75, 3.05) is 0 Å². The molecule has 0 spiro atoms. The molecule has 0 bridgehead atoms. The van der Waals surface area contributed by atoms with Crippen molar-refractivity contribution in [3.63, 3.8) is 0 Å². The Morgan fingerprint density at radius 2 is 1.68 bits per heavy atom. The van der Waals surface area contributed by atoms with Gasteiger partial charge in [0.1, 0.15) is 11.8 Å². The van der Waals surface area contributed by atoms with Gasteiger partial charge in [-0.3, -0.25) is 0 Å². The van der Waals surface area contributed by atoms with Gasteiger partial charge in [-0.15, -0.1) is 0 Å². The fraction of sp³-hybridized carbons (Fsp3) is 0.250. The third-order valence-electron chi connectivity index (χ3n) is 5.23. The Balaban J connectivity index is 1.33. The molecule has 0 saturated heterocycles. The van der Waals surface area contributed by atoms with E-state index in [1.54, 1.807) is 0 Å².